The number of fused-ring (bicyclic) bond motifs is 1. The summed E-state index contributed by atoms with van der Waals surface area (Å²) in [4.78, 5) is 18.9. The Morgan fingerprint density at radius 3 is 2.96 bits per heavy atom. The quantitative estimate of drug-likeness (QED) is 0.883. The van der Waals surface area contributed by atoms with Crippen LogP contribution in [0.2, 0.25) is 0 Å². The van der Waals surface area contributed by atoms with Crippen LogP contribution in [0.5, 0.6) is 0 Å². The molecule has 0 saturated carbocycles. The van der Waals surface area contributed by atoms with Gasteiger partial charge in [-0.15, -0.1) is 0 Å². The van der Waals surface area contributed by atoms with Crippen molar-refractivity contribution in [1.29, 1.82) is 0 Å². The third-order valence-electron chi connectivity index (χ3n) is 4.37. The molecule has 3 rings (SSSR count). The molecule has 4 nitrogen and oxygen atoms in total. The second kappa shape index (κ2) is 6.92. The standard InChI is InChI=1S/C19H23N3O/c1-14(2)22-12-10-17(13-22)21-18(23)9-8-16-6-3-5-15-7-4-11-20-19(15)16/h3-9,11,14,17H,10,12-13H2,1-2H3,(H,21,23)/b9-8-/t17-/m0/s1. The molecule has 1 aliphatic heterocycles. The molecule has 0 bridgehead atoms. The van der Waals surface area contributed by atoms with Crippen molar-refractivity contribution >= 4 is 22.9 Å². The number of pyridine rings is 1. The summed E-state index contributed by atoms with van der Waals surface area (Å²) in [6, 6.07) is 10.7. The molecule has 120 valence electrons. The summed E-state index contributed by atoms with van der Waals surface area (Å²) in [5.41, 5.74) is 1.89. The number of benzene rings is 1. The number of nitrogens with one attached hydrogen (secondary N) is 1. The van der Waals surface area contributed by atoms with Crippen molar-refractivity contribution in [2.75, 3.05) is 13.1 Å². The predicted molar refractivity (Wildman–Crippen MR) is 94.0 cm³/mol. The zero-order valence-corrected chi connectivity index (χ0v) is 13.7. The predicted octanol–water partition coefficient (Wildman–Crippen LogP) is 2.85. The lowest BCUT2D eigenvalue weighted by atomic mass is 10.1. The molecule has 1 aromatic carbocycles. The Balaban J connectivity index is 1.64. The summed E-state index contributed by atoms with van der Waals surface area (Å²) in [6.07, 6.45) is 6.26. The zero-order chi connectivity index (χ0) is 16.2. The Morgan fingerprint density at radius 2 is 2.17 bits per heavy atom. The third kappa shape index (κ3) is 3.77. The second-order valence-electron chi connectivity index (χ2n) is 6.34. The van der Waals surface area contributed by atoms with E-state index in [0.29, 0.717) is 6.04 Å². The topological polar surface area (TPSA) is 45.2 Å². The molecule has 1 saturated heterocycles. The number of carbonyl (C=O) groups excluding carboxylic acids is 1. The summed E-state index contributed by atoms with van der Waals surface area (Å²) in [7, 11) is 0. The van der Waals surface area contributed by atoms with Crippen LogP contribution in [0.1, 0.15) is 25.8 Å². The van der Waals surface area contributed by atoms with E-state index >= 15 is 0 Å². The summed E-state index contributed by atoms with van der Waals surface area (Å²) in [5.74, 6) is -0.0338. The number of amides is 1. The van der Waals surface area contributed by atoms with Crippen LogP contribution in [-0.4, -0.2) is 41.0 Å². The fourth-order valence-electron chi connectivity index (χ4n) is 3.05. The van der Waals surface area contributed by atoms with Crippen molar-refractivity contribution in [2.24, 2.45) is 0 Å². The van der Waals surface area contributed by atoms with E-state index in [1.165, 1.54) is 0 Å². The van der Waals surface area contributed by atoms with Gasteiger partial charge in [-0.25, -0.2) is 0 Å². The maximum Gasteiger partial charge on any atom is 0.244 e. The van der Waals surface area contributed by atoms with Gasteiger partial charge in [-0.2, -0.15) is 0 Å². The normalized spacial score (nSPS) is 19.0. The van der Waals surface area contributed by atoms with E-state index in [2.05, 4.69) is 29.0 Å². The molecule has 0 aliphatic carbocycles. The minimum absolute atomic E-state index is 0.0338. The van der Waals surface area contributed by atoms with Gasteiger partial charge in [0.25, 0.3) is 0 Å². The number of carbonyl (C=O) groups is 1. The first-order valence-electron chi connectivity index (χ1n) is 8.20. The molecule has 2 heterocycles. The molecule has 1 aliphatic rings. The number of hydrogen-bond donors (Lipinski definition) is 1. The zero-order valence-electron chi connectivity index (χ0n) is 13.7. The lowest BCUT2D eigenvalue weighted by Crippen LogP contribution is -2.37. The highest BCUT2D eigenvalue weighted by atomic mass is 16.1. The molecule has 4 heteroatoms. The summed E-state index contributed by atoms with van der Waals surface area (Å²) in [6.45, 7) is 6.38. The Hall–Kier alpha value is -2.20. The van der Waals surface area contributed by atoms with E-state index in [0.717, 1.165) is 36.0 Å². The number of aromatic nitrogens is 1. The molecule has 1 atom stereocenters. The van der Waals surface area contributed by atoms with Gasteiger partial charge in [0.05, 0.1) is 5.52 Å². The minimum atomic E-state index is -0.0338. The number of rotatable bonds is 4. The summed E-state index contributed by atoms with van der Waals surface area (Å²) in [5, 5.41) is 4.18. The second-order valence-corrected chi connectivity index (χ2v) is 6.34. The summed E-state index contributed by atoms with van der Waals surface area (Å²) < 4.78 is 0. The van der Waals surface area contributed by atoms with Crippen LogP contribution in [-0.2, 0) is 4.79 Å². The van der Waals surface area contributed by atoms with E-state index in [1.54, 1.807) is 12.3 Å². The first kappa shape index (κ1) is 15.7. The van der Waals surface area contributed by atoms with Crippen LogP contribution in [0.3, 0.4) is 0 Å². The van der Waals surface area contributed by atoms with E-state index in [4.69, 9.17) is 0 Å². The largest absolute Gasteiger partial charge is 0.348 e. The summed E-state index contributed by atoms with van der Waals surface area (Å²) >= 11 is 0. The molecular formula is C19H23N3O. The van der Waals surface area contributed by atoms with Gasteiger partial charge in [-0.05, 0) is 32.4 Å². The number of para-hydroxylation sites is 1. The monoisotopic (exact) mass is 309 g/mol. The van der Waals surface area contributed by atoms with Crippen LogP contribution in [0.25, 0.3) is 17.0 Å². The van der Waals surface area contributed by atoms with Gasteiger partial charge in [-0.1, -0.05) is 24.3 Å². The molecule has 1 fully saturated rings. The van der Waals surface area contributed by atoms with Crippen molar-refractivity contribution in [1.82, 2.24) is 15.2 Å². The Bertz CT molecular complexity index is 718. The Kier molecular flexibility index (Phi) is 4.72. The van der Waals surface area contributed by atoms with Crippen molar-refractivity contribution < 1.29 is 4.79 Å². The Morgan fingerprint density at radius 1 is 1.35 bits per heavy atom. The third-order valence-corrected chi connectivity index (χ3v) is 4.37. The lowest BCUT2D eigenvalue weighted by Gasteiger charge is -2.20. The molecule has 0 spiro atoms. The van der Waals surface area contributed by atoms with E-state index < -0.39 is 0 Å². The SMILES string of the molecule is CC(C)N1CC[C@H](NC(=O)/C=C\c2cccc3cccnc23)C1. The van der Waals surface area contributed by atoms with Gasteiger partial charge in [-0.3, -0.25) is 14.7 Å². The number of likely N-dealkylation sites (tertiary alicyclic amines) is 1. The lowest BCUT2D eigenvalue weighted by molar-refractivity contribution is -0.117. The fourth-order valence-corrected chi connectivity index (χ4v) is 3.05. The smallest absolute Gasteiger partial charge is 0.244 e. The number of nitrogens with zero attached hydrogens (tertiary/aromatic N) is 2. The molecule has 1 amide bonds. The van der Waals surface area contributed by atoms with Crippen LogP contribution >= 0.6 is 0 Å². The molecule has 23 heavy (non-hydrogen) atoms. The van der Waals surface area contributed by atoms with Crippen LogP contribution < -0.4 is 5.32 Å². The van der Waals surface area contributed by atoms with Crippen molar-refractivity contribution in [3.05, 3.63) is 48.2 Å². The van der Waals surface area contributed by atoms with Gasteiger partial charge in [0.15, 0.2) is 0 Å². The molecule has 2 aromatic rings. The highest BCUT2D eigenvalue weighted by molar-refractivity contribution is 5.95. The molecule has 0 radical (unpaired) electrons. The Labute approximate surface area is 137 Å². The molecular weight excluding hydrogens is 286 g/mol. The van der Waals surface area contributed by atoms with Crippen LogP contribution in [0.15, 0.2) is 42.6 Å². The van der Waals surface area contributed by atoms with Crippen molar-refractivity contribution in [3.8, 4) is 0 Å². The highest BCUT2D eigenvalue weighted by Gasteiger charge is 2.24. The van der Waals surface area contributed by atoms with Gasteiger partial charge < -0.3 is 5.32 Å². The number of hydrogen-bond acceptors (Lipinski definition) is 3. The first-order valence-corrected chi connectivity index (χ1v) is 8.20. The van der Waals surface area contributed by atoms with Crippen LogP contribution in [0.4, 0.5) is 0 Å². The first-order chi connectivity index (χ1) is 11.1. The molecule has 0 unspecified atom stereocenters. The van der Waals surface area contributed by atoms with Gasteiger partial charge in [0, 0.05) is 48.4 Å². The minimum Gasteiger partial charge on any atom is -0.348 e. The van der Waals surface area contributed by atoms with E-state index in [1.807, 2.05) is 36.4 Å². The van der Waals surface area contributed by atoms with Gasteiger partial charge >= 0.3 is 0 Å². The van der Waals surface area contributed by atoms with Crippen molar-refractivity contribution in [2.45, 2.75) is 32.4 Å². The molecule has 1 N–H and O–H groups in total. The maximum absolute atomic E-state index is 12.1. The average molecular weight is 309 g/mol. The highest BCUT2D eigenvalue weighted by Crippen LogP contribution is 2.17. The molecule has 1 aromatic heterocycles. The van der Waals surface area contributed by atoms with E-state index in [-0.39, 0.29) is 11.9 Å². The van der Waals surface area contributed by atoms with E-state index in [9.17, 15) is 4.79 Å². The fraction of sp³-hybridized carbons (Fsp3) is 0.368. The van der Waals surface area contributed by atoms with Gasteiger partial charge in [0.2, 0.25) is 5.91 Å². The van der Waals surface area contributed by atoms with Crippen molar-refractivity contribution in [3.63, 3.8) is 0 Å². The average Bonchev–Trinajstić information content (AvgIpc) is 3.01. The van der Waals surface area contributed by atoms with Gasteiger partial charge in [0.1, 0.15) is 0 Å². The van der Waals surface area contributed by atoms with Crippen LogP contribution in [0, 0.1) is 0 Å². The maximum atomic E-state index is 12.1.